The third-order valence-electron chi connectivity index (χ3n) is 3.43. The molecule has 0 bridgehead atoms. The van der Waals surface area contributed by atoms with Crippen molar-refractivity contribution >= 4 is 16.8 Å². The largest absolute Gasteiger partial charge is 0.478 e. The number of aromatic amines is 1. The minimum absolute atomic E-state index is 0.159. The summed E-state index contributed by atoms with van der Waals surface area (Å²) in [6.07, 6.45) is 1.60. The SMILES string of the molecule is CCOc1cc(CNC(=O)c2n[nH]c3ccccc3c2=O)ccn1. The quantitative estimate of drug-likeness (QED) is 0.744. The van der Waals surface area contributed by atoms with Crippen molar-refractivity contribution in [1.29, 1.82) is 0 Å². The lowest BCUT2D eigenvalue weighted by molar-refractivity contribution is 0.0944. The number of amides is 1. The Bertz CT molecular complexity index is 936. The number of carbonyl (C=O) groups is 1. The molecule has 0 atom stereocenters. The van der Waals surface area contributed by atoms with Crippen molar-refractivity contribution in [2.45, 2.75) is 13.5 Å². The molecule has 7 heteroatoms. The van der Waals surface area contributed by atoms with E-state index < -0.39 is 11.3 Å². The third-order valence-corrected chi connectivity index (χ3v) is 3.43. The fourth-order valence-electron chi connectivity index (χ4n) is 2.28. The number of benzene rings is 1. The van der Waals surface area contributed by atoms with Gasteiger partial charge in [-0.3, -0.25) is 14.7 Å². The standard InChI is InChI=1S/C17H16N4O3/c1-2-24-14-9-11(7-8-18-14)10-19-17(23)15-16(22)12-5-3-4-6-13(12)20-21-15/h3-9H,2,10H2,1H3,(H,19,23)(H,20,22). The van der Waals surface area contributed by atoms with Gasteiger partial charge < -0.3 is 10.1 Å². The van der Waals surface area contributed by atoms with E-state index in [-0.39, 0.29) is 12.2 Å². The summed E-state index contributed by atoms with van der Waals surface area (Å²) in [5, 5.41) is 9.72. The number of hydrogen-bond donors (Lipinski definition) is 2. The number of hydrogen-bond acceptors (Lipinski definition) is 5. The Balaban J connectivity index is 1.77. The van der Waals surface area contributed by atoms with Gasteiger partial charge in [0.2, 0.25) is 11.3 Å². The number of nitrogens with one attached hydrogen (secondary N) is 2. The normalized spacial score (nSPS) is 10.5. The Morgan fingerprint density at radius 2 is 2.12 bits per heavy atom. The fraction of sp³-hybridized carbons (Fsp3) is 0.176. The Morgan fingerprint density at radius 1 is 1.29 bits per heavy atom. The predicted molar refractivity (Wildman–Crippen MR) is 88.9 cm³/mol. The van der Waals surface area contributed by atoms with Gasteiger partial charge in [-0.05, 0) is 30.7 Å². The highest BCUT2D eigenvalue weighted by Crippen LogP contribution is 2.09. The predicted octanol–water partition coefficient (Wildman–Crippen LogP) is 1.65. The van der Waals surface area contributed by atoms with Crippen molar-refractivity contribution in [3.8, 4) is 5.88 Å². The van der Waals surface area contributed by atoms with Crippen molar-refractivity contribution in [2.75, 3.05) is 6.61 Å². The zero-order chi connectivity index (χ0) is 16.9. The Labute approximate surface area is 137 Å². The van der Waals surface area contributed by atoms with E-state index in [1.165, 1.54) is 0 Å². The zero-order valence-electron chi connectivity index (χ0n) is 13.1. The molecule has 7 nitrogen and oxygen atoms in total. The Morgan fingerprint density at radius 3 is 2.96 bits per heavy atom. The molecule has 0 fully saturated rings. The summed E-state index contributed by atoms with van der Waals surface area (Å²) in [4.78, 5) is 28.7. The second kappa shape index (κ2) is 6.91. The lowest BCUT2D eigenvalue weighted by atomic mass is 10.2. The van der Waals surface area contributed by atoms with Gasteiger partial charge in [0.1, 0.15) is 0 Å². The molecule has 3 aromatic rings. The Hall–Kier alpha value is -3.22. The molecule has 0 aliphatic rings. The van der Waals surface area contributed by atoms with Crippen LogP contribution in [0.4, 0.5) is 0 Å². The van der Waals surface area contributed by atoms with Crippen molar-refractivity contribution < 1.29 is 9.53 Å². The lowest BCUT2D eigenvalue weighted by Crippen LogP contribution is -2.30. The van der Waals surface area contributed by atoms with E-state index in [1.807, 2.05) is 6.92 Å². The molecule has 2 aromatic heterocycles. The minimum atomic E-state index is -0.531. The summed E-state index contributed by atoms with van der Waals surface area (Å²) in [6.45, 7) is 2.63. The zero-order valence-corrected chi connectivity index (χ0v) is 13.1. The average molecular weight is 324 g/mol. The Kier molecular flexibility index (Phi) is 4.51. The molecule has 0 aliphatic heterocycles. The van der Waals surface area contributed by atoms with Gasteiger partial charge in [0.15, 0.2) is 5.69 Å². The van der Waals surface area contributed by atoms with Gasteiger partial charge in [0.25, 0.3) is 5.91 Å². The fourth-order valence-corrected chi connectivity index (χ4v) is 2.28. The van der Waals surface area contributed by atoms with Gasteiger partial charge in [0, 0.05) is 24.2 Å². The molecule has 0 radical (unpaired) electrons. The van der Waals surface area contributed by atoms with Crippen molar-refractivity contribution in [2.24, 2.45) is 0 Å². The highest BCUT2D eigenvalue weighted by Gasteiger charge is 2.14. The van der Waals surface area contributed by atoms with E-state index in [2.05, 4.69) is 20.5 Å². The van der Waals surface area contributed by atoms with Crippen LogP contribution in [0.25, 0.3) is 10.9 Å². The molecule has 122 valence electrons. The highest BCUT2D eigenvalue weighted by atomic mass is 16.5. The summed E-state index contributed by atoms with van der Waals surface area (Å²) in [7, 11) is 0. The average Bonchev–Trinajstić information content (AvgIpc) is 2.61. The maximum atomic E-state index is 12.3. The number of para-hydroxylation sites is 1. The molecule has 0 spiro atoms. The van der Waals surface area contributed by atoms with Gasteiger partial charge in [-0.25, -0.2) is 4.98 Å². The van der Waals surface area contributed by atoms with E-state index in [9.17, 15) is 9.59 Å². The van der Waals surface area contributed by atoms with Gasteiger partial charge >= 0.3 is 0 Å². The van der Waals surface area contributed by atoms with Crippen LogP contribution in [0.15, 0.2) is 47.4 Å². The third kappa shape index (κ3) is 3.24. The number of H-pyrrole nitrogens is 1. The summed E-state index contributed by atoms with van der Waals surface area (Å²) in [6, 6.07) is 10.4. The van der Waals surface area contributed by atoms with Crippen molar-refractivity contribution in [3.05, 3.63) is 64.1 Å². The first-order valence-corrected chi connectivity index (χ1v) is 7.52. The van der Waals surface area contributed by atoms with E-state index in [1.54, 1.807) is 42.6 Å². The number of rotatable bonds is 5. The smallest absolute Gasteiger partial charge is 0.276 e. The number of pyridine rings is 1. The second-order valence-electron chi connectivity index (χ2n) is 5.06. The molecule has 1 aromatic carbocycles. The van der Waals surface area contributed by atoms with Crippen LogP contribution < -0.4 is 15.5 Å². The first-order chi connectivity index (χ1) is 11.7. The van der Waals surface area contributed by atoms with E-state index in [0.29, 0.717) is 23.4 Å². The maximum Gasteiger partial charge on any atom is 0.276 e. The molecular weight excluding hydrogens is 308 g/mol. The van der Waals surface area contributed by atoms with Crippen LogP contribution in [0, 0.1) is 0 Å². The number of ether oxygens (including phenoxy) is 1. The van der Waals surface area contributed by atoms with Gasteiger partial charge in [-0.15, -0.1) is 0 Å². The highest BCUT2D eigenvalue weighted by molar-refractivity contribution is 5.95. The first kappa shape index (κ1) is 15.7. The van der Waals surface area contributed by atoms with Gasteiger partial charge in [0.05, 0.1) is 12.1 Å². The molecule has 2 heterocycles. The van der Waals surface area contributed by atoms with Crippen LogP contribution in [0.1, 0.15) is 23.0 Å². The van der Waals surface area contributed by atoms with Crippen LogP contribution in [-0.2, 0) is 6.54 Å². The number of fused-ring (bicyclic) bond motifs is 1. The molecule has 2 N–H and O–H groups in total. The molecule has 0 saturated heterocycles. The van der Waals surface area contributed by atoms with Gasteiger partial charge in [-0.2, -0.15) is 5.10 Å². The number of nitrogens with zero attached hydrogens (tertiary/aromatic N) is 2. The van der Waals surface area contributed by atoms with Crippen LogP contribution in [0.2, 0.25) is 0 Å². The summed E-state index contributed by atoms with van der Waals surface area (Å²) >= 11 is 0. The van der Waals surface area contributed by atoms with E-state index in [4.69, 9.17) is 4.74 Å². The molecule has 24 heavy (non-hydrogen) atoms. The lowest BCUT2D eigenvalue weighted by Gasteiger charge is -2.07. The van der Waals surface area contributed by atoms with Crippen molar-refractivity contribution in [1.82, 2.24) is 20.5 Å². The van der Waals surface area contributed by atoms with Crippen LogP contribution in [0.3, 0.4) is 0 Å². The first-order valence-electron chi connectivity index (χ1n) is 7.52. The molecule has 1 amide bonds. The van der Waals surface area contributed by atoms with Crippen LogP contribution in [0.5, 0.6) is 5.88 Å². The summed E-state index contributed by atoms with van der Waals surface area (Å²) in [5.41, 5.74) is 0.855. The maximum absolute atomic E-state index is 12.3. The van der Waals surface area contributed by atoms with E-state index >= 15 is 0 Å². The van der Waals surface area contributed by atoms with Crippen molar-refractivity contribution in [3.63, 3.8) is 0 Å². The summed E-state index contributed by atoms with van der Waals surface area (Å²) in [5.74, 6) is -0.0392. The molecule has 0 aliphatic carbocycles. The van der Waals surface area contributed by atoms with Crippen LogP contribution >= 0.6 is 0 Å². The topological polar surface area (TPSA) is 97.0 Å². The molecular formula is C17H16N4O3. The number of carbonyl (C=O) groups excluding carboxylic acids is 1. The molecule has 0 saturated carbocycles. The number of aromatic nitrogens is 3. The van der Waals surface area contributed by atoms with Gasteiger partial charge in [-0.1, -0.05) is 12.1 Å². The second-order valence-corrected chi connectivity index (χ2v) is 5.06. The van der Waals surface area contributed by atoms with E-state index in [0.717, 1.165) is 5.56 Å². The minimum Gasteiger partial charge on any atom is -0.478 e. The molecule has 3 rings (SSSR count). The van der Waals surface area contributed by atoms with Crippen LogP contribution in [-0.4, -0.2) is 27.7 Å². The monoisotopic (exact) mass is 324 g/mol. The molecule has 0 unspecified atom stereocenters. The summed E-state index contributed by atoms with van der Waals surface area (Å²) < 4.78 is 5.31.